The van der Waals surface area contributed by atoms with Gasteiger partial charge in [-0.15, -0.1) is 0 Å². The van der Waals surface area contributed by atoms with Crippen LogP contribution in [0.15, 0.2) is 36.4 Å². The standard InChI is InChI=1S/C16H20O/c1-13-10-11-16(17)15(12-13)9-5-8-14-6-3-2-4-7-14/h2-8,13,15H,9-12H2,1H3/b8-5+. The van der Waals surface area contributed by atoms with Crippen LogP contribution in [0, 0.1) is 11.8 Å². The van der Waals surface area contributed by atoms with Gasteiger partial charge in [-0.1, -0.05) is 49.4 Å². The minimum absolute atomic E-state index is 0.263. The number of benzene rings is 1. The lowest BCUT2D eigenvalue weighted by Gasteiger charge is -2.24. The second kappa shape index (κ2) is 5.81. The van der Waals surface area contributed by atoms with E-state index in [4.69, 9.17) is 0 Å². The molecule has 0 heterocycles. The molecule has 90 valence electrons. The lowest BCUT2D eigenvalue weighted by Crippen LogP contribution is -2.22. The Kier molecular flexibility index (Phi) is 4.13. The van der Waals surface area contributed by atoms with Crippen molar-refractivity contribution in [2.24, 2.45) is 11.8 Å². The number of carbonyl (C=O) groups excluding carboxylic acids is 1. The molecule has 0 radical (unpaired) electrons. The summed E-state index contributed by atoms with van der Waals surface area (Å²) in [5, 5.41) is 0. The largest absolute Gasteiger partial charge is 0.299 e. The molecule has 1 aliphatic rings. The first-order valence-corrected chi connectivity index (χ1v) is 6.50. The van der Waals surface area contributed by atoms with Gasteiger partial charge in [0.2, 0.25) is 0 Å². The molecule has 1 aliphatic carbocycles. The van der Waals surface area contributed by atoms with E-state index in [0.29, 0.717) is 11.7 Å². The maximum Gasteiger partial charge on any atom is 0.136 e. The molecule has 0 saturated heterocycles. The van der Waals surface area contributed by atoms with E-state index in [1.54, 1.807) is 0 Å². The quantitative estimate of drug-likeness (QED) is 0.761. The number of hydrogen-bond donors (Lipinski definition) is 0. The monoisotopic (exact) mass is 228 g/mol. The maximum atomic E-state index is 11.7. The Balaban J connectivity index is 1.89. The molecule has 1 aromatic rings. The van der Waals surface area contributed by atoms with E-state index in [2.05, 4.69) is 31.2 Å². The summed E-state index contributed by atoms with van der Waals surface area (Å²) in [6, 6.07) is 10.3. The van der Waals surface area contributed by atoms with E-state index in [0.717, 1.165) is 25.7 Å². The van der Waals surface area contributed by atoms with Gasteiger partial charge in [0, 0.05) is 12.3 Å². The molecule has 0 aliphatic heterocycles. The molecule has 1 fully saturated rings. The summed E-state index contributed by atoms with van der Waals surface area (Å²) in [6.45, 7) is 2.25. The van der Waals surface area contributed by atoms with Crippen LogP contribution in [0.4, 0.5) is 0 Å². The van der Waals surface area contributed by atoms with Crippen LogP contribution in [-0.2, 0) is 4.79 Å². The number of rotatable bonds is 3. The van der Waals surface area contributed by atoms with E-state index in [1.165, 1.54) is 5.56 Å². The molecular weight excluding hydrogens is 208 g/mol. The SMILES string of the molecule is CC1CCC(=O)C(C/C=C/c2ccccc2)C1. The predicted octanol–water partition coefficient (Wildman–Crippen LogP) is 4.10. The van der Waals surface area contributed by atoms with Crippen LogP contribution in [0.3, 0.4) is 0 Å². The highest BCUT2D eigenvalue weighted by atomic mass is 16.1. The van der Waals surface area contributed by atoms with Crippen LogP contribution >= 0.6 is 0 Å². The smallest absolute Gasteiger partial charge is 0.136 e. The molecule has 1 nitrogen and oxygen atoms in total. The van der Waals surface area contributed by atoms with Crippen LogP contribution in [0.25, 0.3) is 6.08 Å². The number of allylic oxidation sites excluding steroid dienone is 1. The molecule has 0 N–H and O–H groups in total. The third-order valence-corrected chi connectivity index (χ3v) is 3.56. The summed E-state index contributed by atoms with van der Waals surface area (Å²) in [5.74, 6) is 1.43. The minimum Gasteiger partial charge on any atom is -0.299 e. The van der Waals surface area contributed by atoms with Crippen molar-refractivity contribution in [3.63, 3.8) is 0 Å². The normalized spacial score (nSPS) is 25.4. The Morgan fingerprint density at radius 1 is 1.29 bits per heavy atom. The lowest BCUT2D eigenvalue weighted by molar-refractivity contribution is -0.125. The summed E-state index contributed by atoms with van der Waals surface area (Å²) >= 11 is 0. The molecular formula is C16H20O. The van der Waals surface area contributed by atoms with Crippen molar-refractivity contribution in [3.8, 4) is 0 Å². The average molecular weight is 228 g/mol. The van der Waals surface area contributed by atoms with Gasteiger partial charge < -0.3 is 0 Å². The summed E-state index contributed by atoms with van der Waals surface area (Å²) in [4.78, 5) is 11.7. The van der Waals surface area contributed by atoms with Gasteiger partial charge in [-0.05, 0) is 30.7 Å². The fourth-order valence-corrected chi connectivity index (χ4v) is 2.49. The molecule has 2 rings (SSSR count). The van der Waals surface area contributed by atoms with Crippen molar-refractivity contribution in [1.29, 1.82) is 0 Å². The molecule has 1 saturated carbocycles. The van der Waals surface area contributed by atoms with E-state index in [1.807, 2.05) is 18.2 Å². The van der Waals surface area contributed by atoms with E-state index in [-0.39, 0.29) is 5.92 Å². The Hall–Kier alpha value is -1.37. The first-order valence-electron chi connectivity index (χ1n) is 6.50. The van der Waals surface area contributed by atoms with Crippen molar-refractivity contribution >= 4 is 11.9 Å². The molecule has 17 heavy (non-hydrogen) atoms. The molecule has 0 bridgehead atoms. The summed E-state index contributed by atoms with van der Waals surface area (Å²) in [5.41, 5.74) is 1.21. The molecule has 1 heteroatoms. The van der Waals surface area contributed by atoms with E-state index < -0.39 is 0 Å². The topological polar surface area (TPSA) is 17.1 Å². The summed E-state index contributed by atoms with van der Waals surface area (Å²) in [6.07, 6.45) is 8.10. The molecule has 0 amide bonds. The molecule has 1 aromatic carbocycles. The molecule has 0 aromatic heterocycles. The Morgan fingerprint density at radius 3 is 2.82 bits per heavy atom. The Bertz CT molecular complexity index is 391. The molecule has 2 atom stereocenters. The first kappa shape index (κ1) is 12.1. The van der Waals surface area contributed by atoms with Gasteiger partial charge in [-0.2, -0.15) is 0 Å². The third kappa shape index (κ3) is 3.55. The van der Waals surface area contributed by atoms with Gasteiger partial charge in [-0.25, -0.2) is 0 Å². The summed E-state index contributed by atoms with van der Waals surface area (Å²) < 4.78 is 0. The van der Waals surface area contributed by atoms with Gasteiger partial charge >= 0.3 is 0 Å². The number of carbonyl (C=O) groups is 1. The summed E-state index contributed by atoms with van der Waals surface area (Å²) in [7, 11) is 0. The second-order valence-corrected chi connectivity index (χ2v) is 5.09. The van der Waals surface area contributed by atoms with E-state index in [9.17, 15) is 4.79 Å². The van der Waals surface area contributed by atoms with Crippen molar-refractivity contribution in [1.82, 2.24) is 0 Å². The Labute approximate surface area is 104 Å². The second-order valence-electron chi connectivity index (χ2n) is 5.09. The van der Waals surface area contributed by atoms with Crippen molar-refractivity contribution < 1.29 is 4.79 Å². The number of ketones is 1. The number of Topliss-reactive ketones (excluding diaryl/α,β-unsaturated/α-hetero) is 1. The van der Waals surface area contributed by atoms with E-state index >= 15 is 0 Å². The molecule has 2 unspecified atom stereocenters. The zero-order chi connectivity index (χ0) is 12.1. The highest BCUT2D eigenvalue weighted by Gasteiger charge is 2.24. The van der Waals surface area contributed by atoms with Crippen LogP contribution < -0.4 is 0 Å². The lowest BCUT2D eigenvalue weighted by atomic mass is 9.80. The maximum absolute atomic E-state index is 11.7. The van der Waals surface area contributed by atoms with Gasteiger partial charge in [0.15, 0.2) is 0 Å². The predicted molar refractivity (Wildman–Crippen MR) is 71.6 cm³/mol. The van der Waals surface area contributed by atoms with Crippen molar-refractivity contribution in [3.05, 3.63) is 42.0 Å². The van der Waals surface area contributed by atoms with Gasteiger partial charge in [0.1, 0.15) is 5.78 Å². The zero-order valence-electron chi connectivity index (χ0n) is 10.4. The van der Waals surface area contributed by atoms with Gasteiger partial charge in [0.25, 0.3) is 0 Å². The minimum atomic E-state index is 0.263. The average Bonchev–Trinajstić information content (AvgIpc) is 2.35. The van der Waals surface area contributed by atoms with Crippen LogP contribution in [-0.4, -0.2) is 5.78 Å². The zero-order valence-corrected chi connectivity index (χ0v) is 10.4. The highest BCUT2D eigenvalue weighted by Crippen LogP contribution is 2.28. The van der Waals surface area contributed by atoms with Crippen LogP contribution in [0.2, 0.25) is 0 Å². The fraction of sp³-hybridized carbons (Fsp3) is 0.438. The first-order chi connectivity index (χ1) is 8.25. The third-order valence-electron chi connectivity index (χ3n) is 3.56. The number of hydrogen-bond acceptors (Lipinski definition) is 1. The fourth-order valence-electron chi connectivity index (χ4n) is 2.49. The van der Waals surface area contributed by atoms with Crippen LogP contribution in [0.1, 0.15) is 38.2 Å². The van der Waals surface area contributed by atoms with Crippen molar-refractivity contribution in [2.75, 3.05) is 0 Å². The highest BCUT2D eigenvalue weighted by molar-refractivity contribution is 5.82. The molecule has 0 spiro atoms. The van der Waals surface area contributed by atoms with Gasteiger partial charge in [-0.3, -0.25) is 4.79 Å². The van der Waals surface area contributed by atoms with Crippen LogP contribution in [0.5, 0.6) is 0 Å². The van der Waals surface area contributed by atoms with Gasteiger partial charge in [0.05, 0.1) is 0 Å². The Morgan fingerprint density at radius 2 is 2.06 bits per heavy atom. The van der Waals surface area contributed by atoms with Crippen molar-refractivity contribution in [2.45, 2.75) is 32.6 Å².